The molecular formula is C18H38KO5P. The third kappa shape index (κ3) is 25.3. The van der Waals surface area contributed by atoms with Crippen molar-refractivity contribution >= 4 is 65.2 Å². The van der Waals surface area contributed by atoms with Gasteiger partial charge in [-0.05, 0) is 6.42 Å². The maximum absolute atomic E-state index is 11.1. The number of hydrogen-bond acceptors (Lipinski definition) is 3. The Morgan fingerprint density at radius 2 is 1.04 bits per heavy atom. The average Bonchev–Trinajstić information content (AvgIpc) is 2.49. The van der Waals surface area contributed by atoms with E-state index < -0.39 is 13.8 Å². The monoisotopic (exact) mass is 404 g/mol. The SMILES string of the molecule is CCCCCCCCCCCCCCCCCC(=O)OP(=O)(O)O.[KH]. The zero-order chi connectivity index (χ0) is 18.1. The van der Waals surface area contributed by atoms with Crippen LogP contribution in [-0.4, -0.2) is 67.1 Å². The summed E-state index contributed by atoms with van der Waals surface area (Å²) in [7, 11) is -4.66. The van der Waals surface area contributed by atoms with Gasteiger partial charge in [0, 0.05) is 6.42 Å². The van der Waals surface area contributed by atoms with Crippen LogP contribution in [0.25, 0.3) is 0 Å². The summed E-state index contributed by atoms with van der Waals surface area (Å²) in [5.74, 6) is -0.807. The molecule has 7 heteroatoms. The number of phosphoric ester groups is 1. The standard InChI is InChI=1S/C18H37O5P.K.H/c1-2-3-4-5-6-7-8-9-10-11-12-13-14-15-16-17-18(19)23-24(20,21)22;;/h2-17H2,1H3,(H2,20,21,22);;. The van der Waals surface area contributed by atoms with Crippen molar-refractivity contribution < 1.29 is 23.7 Å². The van der Waals surface area contributed by atoms with Crippen molar-refractivity contribution in [1.29, 1.82) is 0 Å². The molecule has 25 heavy (non-hydrogen) atoms. The van der Waals surface area contributed by atoms with Crippen molar-refractivity contribution in [3.8, 4) is 0 Å². The molecule has 0 unspecified atom stereocenters. The van der Waals surface area contributed by atoms with Crippen molar-refractivity contribution in [2.45, 2.75) is 110 Å². The molecule has 5 nitrogen and oxygen atoms in total. The normalized spacial score (nSPS) is 11.2. The van der Waals surface area contributed by atoms with Crippen LogP contribution in [0.3, 0.4) is 0 Å². The number of carbonyl (C=O) groups excluding carboxylic acids is 1. The van der Waals surface area contributed by atoms with Crippen LogP contribution in [-0.2, 0) is 13.9 Å². The second kappa shape index (κ2) is 20.0. The molecule has 0 aromatic rings. The van der Waals surface area contributed by atoms with Crippen molar-refractivity contribution in [2.24, 2.45) is 0 Å². The zero-order valence-electron chi connectivity index (χ0n) is 15.4. The molecule has 0 aromatic carbocycles. The van der Waals surface area contributed by atoms with Crippen LogP contribution >= 0.6 is 7.82 Å². The molecule has 0 fully saturated rings. The minimum absolute atomic E-state index is 0. The number of phosphoric acid groups is 1. The van der Waals surface area contributed by atoms with E-state index in [-0.39, 0.29) is 57.8 Å². The molecule has 0 bridgehead atoms. The van der Waals surface area contributed by atoms with Gasteiger partial charge in [-0.1, -0.05) is 96.8 Å². The van der Waals surface area contributed by atoms with Gasteiger partial charge in [-0.2, -0.15) is 0 Å². The quantitative estimate of drug-likeness (QED) is 0.197. The van der Waals surface area contributed by atoms with E-state index >= 15 is 0 Å². The third-order valence-electron chi connectivity index (χ3n) is 4.21. The van der Waals surface area contributed by atoms with Crippen molar-refractivity contribution in [2.75, 3.05) is 0 Å². The summed E-state index contributed by atoms with van der Waals surface area (Å²) in [5.41, 5.74) is 0. The summed E-state index contributed by atoms with van der Waals surface area (Å²) in [5, 5.41) is 0. The summed E-state index contributed by atoms with van der Waals surface area (Å²) in [6, 6.07) is 0. The van der Waals surface area contributed by atoms with Crippen molar-refractivity contribution in [1.82, 2.24) is 0 Å². The molecule has 0 aliphatic rings. The van der Waals surface area contributed by atoms with E-state index in [4.69, 9.17) is 9.79 Å². The first kappa shape index (κ1) is 28.5. The summed E-state index contributed by atoms with van der Waals surface area (Å²) >= 11 is 0. The van der Waals surface area contributed by atoms with Gasteiger partial charge in [-0.3, -0.25) is 14.6 Å². The Morgan fingerprint density at radius 3 is 1.36 bits per heavy atom. The molecule has 0 atom stereocenters. The fourth-order valence-electron chi connectivity index (χ4n) is 2.82. The zero-order valence-corrected chi connectivity index (χ0v) is 16.3. The molecule has 0 aliphatic heterocycles. The minimum atomic E-state index is -4.66. The van der Waals surface area contributed by atoms with Crippen LogP contribution in [0.15, 0.2) is 0 Å². The van der Waals surface area contributed by atoms with E-state index in [1.165, 1.54) is 77.0 Å². The van der Waals surface area contributed by atoms with Gasteiger partial charge in [0.2, 0.25) is 0 Å². The molecule has 0 saturated heterocycles. The summed E-state index contributed by atoms with van der Waals surface area (Å²) < 4.78 is 14.4. The summed E-state index contributed by atoms with van der Waals surface area (Å²) in [4.78, 5) is 28.0. The van der Waals surface area contributed by atoms with Gasteiger partial charge in [-0.15, -0.1) is 0 Å². The molecule has 0 aromatic heterocycles. The molecular weight excluding hydrogens is 366 g/mol. The van der Waals surface area contributed by atoms with Crippen LogP contribution in [0.5, 0.6) is 0 Å². The van der Waals surface area contributed by atoms with E-state index in [0.717, 1.165) is 12.8 Å². The Labute approximate surface area is 196 Å². The van der Waals surface area contributed by atoms with Gasteiger partial charge in [-0.25, -0.2) is 4.57 Å². The van der Waals surface area contributed by atoms with E-state index in [2.05, 4.69) is 11.4 Å². The van der Waals surface area contributed by atoms with Crippen LogP contribution in [0.1, 0.15) is 110 Å². The summed E-state index contributed by atoms with van der Waals surface area (Å²) in [6.45, 7) is 2.25. The molecule has 2 N–H and O–H groups in total. The van der Waals surface area contributed by atoms with Crippen LogP contribution in [0.2, 0.25) is 0 Å². The molecule has 0 heterocycles. The third-order valence-corrected chi connectivity index (χ3v) is 4.65. The van der Waals surface area contributed by atoms with Gasteiger partial charge in [0.05, 0.1) is 0 Å². The number of unbranched alkanes of at least 4 members (excludes halogenated alkanes) is 14. The molecule has 0 spiro atoms. The van der Waals surface area contributed by atoms with Crippen LogP contribution < -0.4 is 0 Å². The topological polar surface area (TPSA) is 83.8 Å². The predicted octanol–water partition coefficient (Wildman–Crippen LogP) is 5.24. The van der Waals surface area contributed by atoms with Crippen LogP contribution in [0, 0.1) is 0 Å². The molecule has 0 saturated carbocycles. The number of carbonyl (C=O) groups is 1. The molecule has 0 amide bonds. The van der Waals surface area contributed by atoms with Gasteiger partial charge in [0.15, 0.2) is 0 Å². The molecule has 146 valence electrons. The first-order valence-electron chi connectivity index (χ1n) is 9.73. The Balaban J connectivity index is 0. The Bertz CT molecular complexity index is 346. The van der Waals surface area contributed by atoms with Crippen LogP contribution in [0.4, 0.5) is 0 Å². The Hall–Kier alpha value is 1.26. The fraction of sp³-hybridized carbons (Fsp3) is 0.944. The number of rotatable bonds is 17. The fourth-order valence-corrected chi connectivity index (χ4v) is 3.18. The number of hydrogen-bond donors (Lipinski definition) is 2. The molecule has 0 aliphatic carbocycles. The molecule has 0 rings (SSSR count). The van der Waals surface area contributed by atoms with E-state index in [1.54, 1.807) is 0 Å². The first-order chi connectivity index (χ1) is 11.5. The van der Waals surface area contributed by atoms with E-state index in [0.29, 0.717) is 6.42 Å². The van der Waals surface area contributed by atoms with Gasteiger partial charge >= 0.3 is 65.2 Å². The second-order valence-electron chi connectivity index (χ2n) is 6.65. The van der Waals surface area contributed by atoms with E-state index in [1.807, 2.05) is 0 Å². The van der Waals surface area contributed by atoms with Gasteiger partial charge in [0.25, 0.3) is 0 Å². The Kier molecular flexibility index (Phi) is 22.8. The average molecular weight is 405 g/mol. The maximum atomic E-state index is 11.1. The van der Waals surface area contributed by atoms with Crippen molar-refractivity contribution in [3.63, 3.8) is 0 Å². The predicted molar refractivity (Wildman–Crippen MR) is 105 cm³/mol. The Morgan fingerprint density at radius 1 is 0.720 bits per heavy atom. The summed E-state index contributed by atoms with van der Waals surface area (Å²) in [6.07, 6.45) is 18.7. The second-order valence-corrected chi connectivity index (χ2v) is 7.82. The molecule has 0 radical (unpaired) electrons. The first-order valence-corrected chi connectivity index (χ1v) is 11.3. The van der Waals surface area contributed by atoms with E-state index in [9.17, 15) is 9.36 Å². The van der Waals surface area contributed by atoms with Gasteiger partial charge in [0.1, 0.15) is 0 Å². The van der Waals surface area contributed by atoms with Crippen molar-refractivity contribution in [3.05, 3.63) is 0 Å². The van der Waals surface area contributed by atoms with Gasteiger partial charge < -0.3 is 4.52 Å².